The van der Waals surface area contributed by atoms with Crippen molar-refractivity contribution < 1.29 is 19.1 Å². The summed E-state index contributed by atoms with van der Waals surface area (Å²) in [6.45, 7) is 0.242. The molecular weight excluding hydrogens is 279 g/mol. The summed E-state index contributed by atoms with van der Waals surface area (Å²) < 4.78 is 13.8. The lowest BCUT2D eigenvalue weighted by molar-refractivity contribution is -0.148. The summed E-state index contributed by atoms with van der Waals surface area (Å²) in [7, 11) is 0. The van der Waals surface area contributed by atoms with Gasteiger partial charge in [0.2, 0.25) is 5.91 Å². The van der Waals surface area contributed by atoms with Gasteiger partial charge in [-0.25, -0.2) is 9.18 Å². The zero-order valence-electron chi connectivity index (χ0n) is 11.0. The number of carboxylic acids is 1. The third kappa shape index (κ3) is 3.11. The number of hydrogen-bond donors (Lipinski definition) is 1. The first kappa shape index (κ1) is 14.8. The van der Waals surface area contributed by atoms with Gasteiger partial charge < -0.3 is 10.0 Å². The van der Waals surface area contributed by atoms with Crippen LogP contribution in [0, 0.1) is 11.7 Å². The first-order valence-electron chi connectivity index (χ1n) is 6.32. The first-order valence-corrected chi connectivity index (χ1v) is 6.32. The third-order valence-corrected chi connectivity index (χ3v) is 3.39. The number of nitrogens with zero attached hydrogens (tertiary/aromatic N) is 4. The van der Waals surface area contributed by atoms with Crippen molar-refractivity contribution in [2.75, 3.05) is 13.1 Å². The monoisotopic (exact) mass is 292 g/mol. The fraction of sp³-hybridized carbons (Fsp3) is 0.385. The van der Waals surface area contributed by atoms with Crippen molar-refractivity contribution in [2.45, 2.75) is 12.5 Å². The Bertz CT molecular complexity index is 615. The van der Waals surface area contributed by atoms with E-state index in [9.17, 15) is 19.1 Å². The van der Waals surface area contributed by atoms with Gasteiger partial charge in [0.1, 0.15) is 5.82 Å². The molecule has 0 bridgehead atoms. The van der Waals surface area contributed by atoms with E-state index in [-0.39, 0.29) is 36.9 Å². The molecule has 1 aromatic rings. The lowest BCUT2D eigenvalue weighted by atomic mass is 10.0. The lowest BCUT2D eigenvalue weighted by Gasteiger charge is -2.25. The van der Waals surface area contributed by atoms with Crippen LogP contribution in [0.1, 0.15) is 18.0 Å². The highest BCUT2D eigenvalue weighted by atomic mass is 19.1. The Morgan fingerprint density at radius 3 is 2.90 bits per heavy atom. The molecule has 2 atom stereocenters. The summed E-state index contributed by atoms with van der Waals surface area (Å²) in [6.07, 6.45) is 0.0945. The number of azide groups is 1. The molecule has 1 aliphatic rings. The molecule has 1 fully saturated rings. The average Bonchev–Trinajstić information content (AvgIpc) is 2.80. The molecule has 1 saturated heterocycles. The Morgan fingerprint density at radius 2 is 2.29 bits per heavy atom. The standard InChI is InChI=1S/C13H13FN4O3/c14-10-4-2-1-3-9(10)12(13(20)21)18-7-8(5-11(18)19)6-16-17-15/h1-4,8,12H,5-7H2,(H,20,21). The van der Waals surface area contributed by atoms with Crippen molar-refractivity contribution in [3.8, 4) is 0 Å². The van der Waals surface area contributed by atoms with Crippen LogP contribution >= 0.6 is 0 Å². The largest absolute Gasteiger partial charge is 0.479 e. The maximum Gasteiger partial charge on any atom is 0.331 e. The van der Waals surface area contributed by atoms with E-state index < -0.39 is 17.8 Å². The molecule has 0 aromatic heterocycles. The molecule has 8 heteroatoms. The van der Waals surface area contributed by atoms with Crippen molar-refractivity contribution in [1.29, 1.82) is 0 Å². The van der Waals surface area contributed by atoms with Crippen LogP contribution in [-0.4, -0.2) is 35.0 Å². The van der Waals surface area contributed by atoms with Crippen LogP contribution in [0.4, 0.5) is 4.39 Å². The summed E-state index contributed by atoms with van der Waals surface area (Å²) in [5.41, 5.74) is 8.23. The van der Waals surface area contributed by atoms with Crippen LogP contribution in [0.15, 0.2) is 29.4 Å². The van der Waals surface area contributed by atoms with E-state index in [4.69, 9.17) is 5.53 Å². The van der Waals surface area contributed by atoms with Gasteiger partial charge in [0.05, 0.1) is 0 Å². The van der Waals surface area contributed by atoms with E-state index >= 15 is 0 Å². The minimum atomic E-state index is -1.37. The molecule has 1 amide bonds. The normalized spacial score (nSPS) is 19.2. The Hall–Kier alpha value is -2.60. The first-order chi connectivity index (χ1) is 10.0. The zero-order chi connectivity index (χ0) is 15.4. The van der Waals surface area contributed by atoms with Gasteiger partial charge in [0.15, 0.2) is 6.04 Å². The second-order valence-corrected chi connectivity index (χ2v) is 4.79. The van der Waals surface area contributed by atoms with Gasteiger partial charge in [0.25, 0.3) is 0 Å². The van der Waals surface area contributed by atoms with E-state index in [1.54, 1.807) is 0 Å². The highest BCUT2D eigenvalue weighted by molar-refractivity contribution is 5.86. The quantitative estimate of drug-likeness (QED) is 0.510. The average molecular weight is 292 g/mol. The smallest absolute Gasteiger partial charge is 0.331 e. The second kappa shape index (κ2) is 6.23. The van der Waals surface area contributed by atoms with Gasteiger partial charge in [0, 0.05) is 30.0 Å². The number of aliphatic carboxylic acids is 1. The van der Waals surface area contributed by atoms with Crippen molar-refractivity contribution in [1.82, 2.24) is 4.90 Å². The van der Waals surface area contributed by atoms with Gasteiger partial charge >= 0.3 is 5.97 Å². The number of carboxylic acid groups (broad SMARTS) is 1. The number of halogens is 1. The summed E-state index contributed by atoms with van der Waals surface area (Å²) in [5, 5.41) is 12.7. The highest BCUT2D eigenvalue weighted by Crippen LogP contribution is 2.30. The van der Waals surface area contributed by atoms with Gasteiger partial charge in [-0.3, -0.25) is 4.79 Å². The van der Waals surface area contributed by atoms with E-state index in [2.05, 4.69) is 10.0 Å². The van der Waals surface area contributed by atoms with Crippen molar-refractivity contribution in [3.63, 3.8) is 0 Å². The maximum absolute atomic E-state index is 13.8. The Kier molecular flexibility index (Phi) is 4.39. The molecule has 0 saturated carbocycles. The number of carbonyl (C=O) groups is 2. The fourth-order valence-electron chi connectivity index (χ4n) is 2.46. The van der Waals surface area contributed by atoms with Gasteiger partial charge in [-0.1, -0.05) is 23.3 Å². The second-order valence-electron chi connectivity index (χ2n) is 4.79. The molecule has 21 heavy (non-hydrogen) atoms. The molecule has 1 aromatic carbocycles. The molecule has 2 unspecified atom stereocenters. The molecular formula is C13H13FN4O3. The molecule has 2 rings (SSSR count). The molecule has 0 spiro atoms. The summed E-state index contributed by atoms with van der Waals surface area (Å²) in [5.74, 6) is -2.60. The number of carbonyl (C=O) groups excluding carboxylic acids is 1. The summed E-state index contributed by atoms with van der Waals surface area (Å²) in [6, 6.07) is 4.11. The van der Waals surface area contributed by atoms with Crippen LogP contribution in [0.3, 0.4) is 0 Å². The number of hydrogen-bond acceptors (Lipinski definition) is 3. The van der Waals surface area contributed by atoms with Crippen LogP contribution in [0.25, 0.3) is 10.4 Å². The van der Waals surface area contributed by atoms with E-state index in [1.165, 1.54) is 18.2 Å². The van der Waals surface area contributed by atoms with Crippen molar-refractivity contribution >= 4 is 11.9 Å². The zero-order valence-corrected chi connectivity index (χ0v) is 11.0. The lowest BCUT2D eigenvalue weighted by Crippen LogP contribution is -2.36. The predicted octanol–water partition coefficient (Wildman–Crippen LogP) is 2.11. The third-order valence-electron chi connectivity index (χ3n) is 3.39. The van der Waals surface area contributed by atoms with Crippen LogP contribution in [0.5, 0.6) is 0 Å². The van der Waals surface area contributed by atoms with Crippen LogP contribution in [-0.2, 0) is 9.59 Å². The fourth-order valence-corrected chi connectivity index (χ4v) is 2.46. The minimum absolute atomic E-state index is 0.0530. The van der Waals surface area contributed by atoms with Gasteiger partial charge in [-0.05, 0) is 17.5 Å². The van der Waals surface area contributed by atoms with Crippen LogP contribution in [0.2, 0.25) is 0 Å². The van der Waals surface area contributed by atoms with Crippen LogP contribution < -0.4 is 0 Å². The topological polar surface area (TPSA) is 106 Å². The molecule has 1 aliphatic heterocycles. The molecule has 0 radical (unpaired) electrons. The van der Waals surface area contributed by atoms with E-state index in [1.807, 2.05) is 0 Å². The van der Waals surface area contributed by atoms with Crippen molar-refractivity contribution in [2.24, 2.45) is 11.0 Å². The number of benzene rings is 1. The molecule has 110 valence electrons. The summed E-state index contributed by atoms with van der Waals surface area (Å²) >= 11 is 0. The Labute approximate surface area is 119 Å². The predicted molar refractivity (Wildman–Crippen MR) is 70.6 cm³/mol. The molecule has 1 heterocycles. The maximum atomic E-state index is 13.8. The molecule has 1 N–H and O–H groups in total. The van der Waals surface area contributed by atoms with E-state index in [0.29, 0.717) is 0 Å². The van der Waals surface area contributed by atoms with Gasteiger partial charge in [-0.2, -0.15) is 0 Å². The number of rotatable bonds is 5. The summed E-state index contributed by atoms with van der Waals surface area (Å²) in [4.78, 5) is 27.2. The molecule has 0 aliphatic carbocycles. The Morgan fingerprint density at radius 1 is 1.57 bits per heavy atom. The number of amides is 1. The number of likely N-dealkylation sites (tertiary alicyclic amines) is 1. The minimum Gasteiger partial charge on any atom is -0.479 e. The van der Waals surface area contributed by atoms with E-state index in [0.717, 1.165) is 11.0 Å². The highest BCUT2D eigenvalue weighted by Gasteiger charge is 2.39. The molecule has 7 nitrogen and oxygen atoms in total. The Balaban J connectivity index is 2.28. The van der Waals surface area contributed by atoms with Gasteiger partial charge in [-0.15, -0.1) is 0 Å². The SMILES string of the molecule is [N-]=[N+]=NCC1CC(=O)N(C(C(=O)O)c2ccccc2F)C1. The van der Waals surface area contributed by atoms with Crippen molar-refractivity contribution in [3.05, 3.63) is 46.1 Å².